The van der Waals surface area contributed by atoms with Crippen molar-refractivity contribution in [2.75, 3.05) is 7.11 Å². The zero-order chi connectivity index (χ0) is 13.8. The number of ether oxygens (including phenoxy) is 1. The summed E-state index contributed by atoms with van der Waals surface area (Å²) in [6.45, 7) is 8.62. The van der Waals surface area contributed by atoms with Crippen molar-refractivity contribution in [1.29, 1.82) is 0 Å². The lowest BCUT2D eigenvalue weighted by atomic mass is 9.88. The predicted octanol–water partition coefficient (Wildman–Crippen LogP) is 3.49. The van der Waals surface area contributed by atoms with Gasteiger partial charge in [0.25, 0.3) is 0 Å². The molecular formula is C16H27NO. The molecule has 1 aromatic carbocycles. The standard InChI is InChI=1S/C16H27NO/c1-6-16(4,18-5)15(17)11-13-7-9-14(10-8-13)12(2)3/h7-10,12,15H,6,11,17H2,1-5H3. The molecule has 0 spiro atoms. The third-order valence-corrected chi connectivity index (χ3v) is 4.05. The van der Waals surface area contributed by atoms with Crippen LogP contribution in [-0.4, -0.2) is 18.8 Å². The topological polar surface area (TPSA) is 35.2 Å². The molecule has 2 atom stereocenters. The van der Waals surface area contributed by atoms with E-state index in [9.17, 15) is 0 Å². The van der Waals surface area contributed by atoms with Gasteiger partial charge in [0.05, 0.1) is 5.60 Å². The van der Waals surface area contributed by atoms with E-state index in [-0.39, 0.29) is 11.6 Å². The average molecular weight is 249 g/mol. The summed E-state index contributed by atoms with van der Waals surface area (Å²) in [6.07, 6.45) is 1.78. The molecular weight excluding hydrogens is 222 g/mol. The molecule has 0 aliphatic rings. The van der Waals surface area contributed by atoms with Crippen LogP contribution in [0.25, 0.3) is 0 Å². The molecule has 102 valence electrons. The monoisotopic (exact) mass is 249 g/mol. The van der Waals surface area contributed by atoms with Gasteiger partial charge in [0.2, 0.25) is 0 Å². The summed E-state index contributed by atoms with van der Waals surface area (Å²) in [5.41, 5.74) is 8.69. The minimum Gasteiger partial charge on any atom is -0.377 e. The van der Waals surface area contributed by atoms with Crippen molar-refractivity contribution in [3.8, 4) is 0 Å². The molecule has 0 aliphatic carbocycles. The summed E-state index contributed by atoms with van der Waals surface area (Å²) >= 11 is 0. The molecule has 0 fully saturated rings. The molecule has 1 rings (SSSR count). The first kappa shape index (κ1) is 15.2. The van der Waals surface area contributed by atoms with Crippen molar-refractivity contribution in [1.82, 2.24) is 0 Å². The fourth-order valence-corrected chi connectivity index (χ4v) is 2.07. The van der Waals surface area contributed by atoms with E-state index in [0.717, 1.165) is 12.8 Å². The van der Waals surface area contributed by atoms with Gasteiger partial charge in [-0.2, -0.15) is 0 Å². The maximum Gasteiger partial charge on any atom is 0.0801 e. The van der Waals surface area contributed by atoms with E-state index in [1.54, 1.807) is 7.11 Å². The second-order valence-corrected chi connectivity index (χ2v) is 5.58. The van der Waals surface area contributed by atoms with E-state index >= 15 is 0 Å². The van der Waals surface area contributed by atoms with Crippen LogP contribution < -0.4 is 5.73 Å². The lowest BCUT2D eigenvalue weighted by Gasteiger charge is -2.33. The Kier molecular flexibility index (Phi) is 5.36. The Labute approximate surface area is 112 Å². The largest absolute Gasteiger partial charge is 0.377 e. The molecule has 0 amide bonds. The summed E-state index contributed by atoms with van der Waals surface area (Å²) < 4.78 is 5.56. The number of hydrogen-bond donors (Lipinski definition) is 1. The molecule has 2 N–H and O–H groups in total. The van der Waals surface area contributed by atoms with Crippen LogP contribution in [0.2, 0.25) is 0 Å². The molecule has 0 heterocycles. The van der Waals surface area contributed by atoms with Crippen LogP contribution in [0, 0.1) is 0 Å². The molecule has 0 bridgehead atoms. The Morgan fingerprint density at radius 1 is 1.22 bits per heavy atom. The van der Waals surface area contributed by atoms with Crippen LogP contribution in [0.5, 0.6) is 0 Å². The number of nitrogens with two attached hydrogens (primary N) is 1. The summed E-state index contributed by atoms with van der Waals surface area (Å²) in [5.74, 6) is 0.576. The van der Waals surface area contributed by atoms with Crippen molar-refractivity contribution < 1.29 is 4.74 Å². The lowest BCUT2D eigenvalue weighted by molar-refractivity contribution is -0.0184. The highest BCUT2D eigenvalue weighted by molar-refractivity contribution is 5.25. The smallest absolute Gasteiger partial charge is 0.0801 e. The Hall–Kier alpha value is -0.860. The van der Waals surface area contributed by atoms with E-state index in [1.807, 2.05) is 0 Å². The lowest BCUT2D eigenvalue weighted by Crippen LogP contribution is -2.48. The van der Waals surface area contributed by atoms with Crippen LogP contribution in [-0.2, 0) is 11.2 Å². The first-order chi connectivity index (χ1) is 8.42. The Bertz CT molecular complexity index is 352. The molecule has 0 aliphatic heterocycles. The van der Waals surface area contributed by atoms with Crippen LogP contribution in [0.4, 0.5) is 0 Å². The summed E-state index contributed by atoms with van der Waals surface area (Å²) in [6, 6.07) is 8.78. The third kappa shape index (κ3) is 3.56. The summed E-state index contributed by atoms with van der Waals surface area (Å²) in [4.78, 5) is 0. The maximum absolute atomic E-state index is 6.28. The Balaban J connectivity index is 2.73. The van der Waals surface area contributed by atoms with Crippen molar-refractivity contribution in [2.45, 2.75) is 58.1 Å². The fourth-order valence-electron chi connectivity index (χ4n) is 2.07. The molecule has 0 saturated carbocycles. The van der Waals surface area contributed by atoms with Crippen molar-refractivity contribution in [3.05, 3.63) is 35.4 Å². The zero-order valence-corrected chi connectivity index (χ0v) is 12.4. The zero-order valence-electron chi connectivity index (χ0n) is 12.4. The van der Waals surface area contributed by atoms with Gasteiger partial charge in [0, 0.05) is 13.2 Å². The first-order valence-electron chi connectivity index (χ1n) is 6.82. The minimum absolute atomic E-state index is 0.0254. The summed E-state index contributed by atoms with van der Waals surface area (Å²) in [7, 11) is 1.74. The van der Waals surface area contributed by atoms with Gasteiger partial charge in [-0.1, -0.05) is 45.0 Å². The van der Waals surface area contributed by atoms with Crippen LogP contribution in [0.1, 0.15) is 51.2 Å². The van der Waals surface area contributed by atoms with E-state index in [1.165, 1.54) is 11.1 Å². The molecule has 2 unspecified atom stereocenters. The van der Waals surface area contributed by atoms with Gasteiger partial charge < -0.3 is 10.5 Å². The van der Waals surface area contributed by atoms with Crippen molar-refractivity contribution in [3.63, 3.8) is 0 Å². The first-order valence-corrected chi connectivity index (χ1v) is 6.82. The van der Waals surface area contributed by atoms with E-state index in [0.29, 0.717) is 5.92 Å². The Morgan fingerprint density at radius 3 is 2.17 bits per heavy atom. The maximum atomic E-state index is 6.28. The van der Waals surface area contributed by atoms with Crippen LogP contribution >= 0.6 is 0 Å². The highest BCUT2D eigenvalue weighted by atomic mass is 16.5. The highest BCUT2D eigenvalue weighted by Gasteiger charge is 2.29. The van der Waals surface area contributed by atoms with Gasteiger partial charge >= 0.3 is 0 Å². The van der Waals surface area contributed by atoms with E-state index in [4.69, 9.17) is 10.5 Å². The normalized spacial score (nSPS) is 16.6. The molecule has 18 heavy (non-hydrogen) atoms. The molecule has 0 saturated heterocycles. The Morgan fingerprint density at radius 2 is 1.78 bits per heavy atom. The second-order valence-electron chi connectivity index (χ2n) is 5.58. The number of hydrogen-bond acceptors (Lipinski definition) is 2. The van der Waals surface area contributed by atoms with E-state index < -0.39 is 0 Å². The molecule has 2 nitrogen and oxygen atoms in total. The van der Waals surface area contributed by atoms with E-state index in [2.05, 4.69) is 52.0 Å². The van der Waals surface area contributed by atoms with Crippen molar-refractivity contribution in [2.24, 2.45) is 5.73 Å². The SMILES string of the molecule is CCC(C)(OC)C(N)Cc1ccc(C(C)C)cc1. The van der Waals surface area contributed by atoms with Crippen LogP contribution in [0.3, 0.4) is 0 Å². The number of benzene rings is 1. The molecule has 0 radical (unpaired) electrons. The van der Waals surface area contributed by atoms with Gasteiger partial charge in [0.15, 0.2) is 0 Å². The second kappa shape index (κ2) is 6.35. The number of methoxy groups -OCH3 is 1. The summed E-state index contributed by atoms with van der Waals surface area (Å²) in [5, 5.41) is 0. The highest BCUT2D eigenvalue weighted by Crippen LogP contribution is 2.22. The van der Waals surface area contributed by atoms with Gasteiger partial charge in [0.1, 0.15) is 0 Å². The molecule has 1 aromatic rings. The minimum atomic E-state index is -0.239. The van der Waals surface area contributed by atoms with Gasteiger partial charge in [-0.3, -0.25) is 0 Å². The molecule has 0 aromatic heterocycles. The van der Waals surface area contributed by atoms with Gasteiger partial charge in [-0.25, -0.2) is 0 Å². The van der Waals surface area contributed by atoms with Crippen molar-refractivity contribution >= 4 is 0 Å². The average Bonchev–Trinajstić information content (AvgIpc) is 2.38. The van der Waals surface area contributed by atoms with Gasteiger partial charge in [-0.15, -0.1) is 0 Å². The van der Waals surface area contributed by atoms with Gasteiger partial charge in [-0.05, 0) is 36.8 Å². The van der Waals surface area contributed by atoms with Crippen LogP contribution in [0.15, 0.2) is 24.3 Å². The molecule has 2 heteroatoms. The third-order valence-electron chi connectivity index (χ3n) is 4.05. The quantitative estimate of drug-likeness (QED) is 0.837. The number of rotatable bonds is 6. The fraction of sp³-hybridized carbons (Fsp3) is 0.625. The predicted molar refractivity (Wildman–Crippen MR) is 77.9 cm³/mol.